The first-order valence-electron chi connectivity index (χ1n) is 5.62. The second-order valence-electron chi connectivity index (χ2n) is 3.68. The van der Waals surface area contributed by atoms with E-state index in [1.807, 2.05) is 0 Å². The van der Waals surface area contributed by atoms with E-state index in [0.29, 0.717) is 0 Å². The SMILES string of the molecule is [CH]1C/C=C\CC/C=C/CCCCC1. The van der Waals surface area contributed by atoms with Gasteiger partial charge in [0, 0.05) is 0 Å². The maximum atomic E-state index is 2.40. The highest BCUT2D eigenvalue weighted by atomic mass is 14.0. The summed E-state index contributed by atoms with van der Waals surface area (Å²) in [7, 11) is 0. The van der Waals surface area contributed by atoms with Gasteiger partial charge in [-0.15, -0.1) is 0 Å². The van der Waals surface area contributed by atoms with E-state index in [4.69, 9.17) is 0 Å². The third-order valence-corrected chi connectivity index (χ3v) is 2.42. The molecule has 0 nitrogen and oxygen atoms in total. The highest BCUT2D eigenvalue weighted by Gasteiger charge is 1.90. The van der Waals surface area contributed by atoms with Crippen molar-refractivity contribution in [2.75, 3.05) is 0 Å². The standard InChI is InChI=1S/C13H21/c1-2-4-6-8-10-12-13-11-9-7-5-3-1/h1-2,5,8,10H,3-4,6-7,9,11-13H2/b2-1-,10-8+. The molecule has 0 fully saturated rings. The van der Waals surface area contributed by atoms with Crippen LogP contribution in [0.25, 0.3) is 0 Å². The van der Waals surface area contributed by atoms with Crippen LogP contribution in [0, 0.1) is 6.42 Å². The highest BCUT2D eigenvalue weighted by molar-refractivity contribution is 4.91. The topological polar surface area (TPSA) is 0 Å². The molecule has 0 bridgehead atoms. The molecule has 0 aliphatic heterocycles. The van der Waals surface area contributed by atoms with E-state index in [9.17, 15) is 0 Å². The van der Waals surface area contributed by atoms with Crippen LogP contribution in [0.15, 0.2) is 24.3 Å². The monoisotopic (exact) mass is 177 g/mol. The molecule has 1 aliphatic carbocycles. The maximum absolute atomic E-state index is 2.40. The predicted molar refractivity (Wildman–Crippen MR) is 59.5 cm³/mol. The number of allylic oxidation sites excluding steroid dienone is 4. The van der Waals surface area contributed by atoms with Gasteiger partial charge in [-0.2, -0.15) is 0 Å². The Kier molecular flexibility index (Phi) is 6.58. The van der Waals surface area contributed by atoms with E-state index in [-0.39, 0.29) is 0 Å². The van der Waals surface area contributed by atoms with Gasteiger partial charge in [-0.3, -0.25) is 0 Å². The summed E-state index contributed by atoms with van der Waals surface area (Å²) in [6, 6.07) is 0. The molecular formula is C13H21. The van der Waals surface area contributed by atoms with E-state index in [1.165, 1.54) is 51.4 Å². The molecule has 0 heteroatoms. The quantitative estimate of drug-likeness (QED) is 0.480. The third kappa shape index (κ3) is 6.62. The number of hydrogen-bond donors (Lipinski definition) is 0. The van der Waals surface area contributed by atoms with Gasteiger partial charge < -0.3 is 0 Å². The predicted octanol–water partition coefficient (Wildman–Crippen LogP) is 4.44. The van der Waals surface area contributed by atoms with E-state index in [1.54, 1.807) is 0 Å². The van der Waals surface area contributed by atoms with Gasteiger partial charge in [-0.05, 0) is 44.9 Å². The molecule has 0 aromatic rings. The first-order chi connectivity index (χ1) is 6.50. The van der Waals surface area contributed by atoms with Gasteiger partial charge in [-0.25, -0.2) is 0 Å². The van der Waals surface area contributed by atoms with E-state index < -0.39 is 0 Å². The van der Waals surface area contributed by atoms with Crippen LogP contribution in [0.2, 0.25) is 0 Å². The number of hydrogen-bond acceptors (Lipinski definition) is 0. The summed E-state index contributed by atoms with van der Waals surface area (Å²) in [4.78, 5) is 0. The second kappa shape index (κ2) is 8.10. The molecule has 1 aliphatic rings. The lowest BCUT2D eigenvalue weighted by molar-refractivity contribution is 0.676. The van der Waals surface area contributed by atoms with Crippen LogP contribution < -0.4 is 0 Å². The average molecular weight is 177 g/mol. The summed E-state index contributed by atoms with van der Waals surface area (Å²) in [6.07, 6.45) is 22.0. The van der Waals surface area contributed by atoms with Crippen molar-refractivity contribution in [2.24, 2.45) is 0 Å². The fourth-order valence-electron chi connectivity index (χ4n) is 1.58. The summed E-state index contributed by atoms with van der Waals surface area (Å²) in [5.74, 6) is 0. The van der Waals surface area contributed by atoms with Crippen LogP contribution in [0.4, 0.5) is 0 Å². The Morgan fingerprint density at radius 2 is 1.23 bits per heavy atom. The Morgan fingerprint density at radius 3 is 2.15 bits per heavy atom. The molecule has 0 atom stereocenters. The zero-order valence-electron chi connectivity index (χ0n) is 8.54. The lowest BCUT2D eigenvalue weighted by Gasteiger charge is -1.97. The van der Waals surface area contributed by atoms with Crippen LogP contribution in [0.5, 0.6) is 0 Å². The second-order valence-corrected chi connectivity index (χ2v) is 3.68. The van der Waals surface area contributed by atoms with Crippen molar-refractivity contribution in [2.45, 2.75) is 51.4 Å². The average Bonchev–Trinajstić information content (AvgIpc) is 2.18. The van der Waals surface area contributed by atoms with Crippen molar-refractivity contribution < 1.29 is 0 Å². The normalized spacial score (nSPS) is 26.5. The highest BCUT2D eigenvalue weighted by Crippen LogP contribution is 2.09. The molecule has 0 aromatic heterocycles. The molecule has 0 N–H and O–H groups in total. The van der Waals surface area contributed by atoms with Crippen molar-refractivity contribution >= 4 is 0 Å². The minimum Gasteiger partial charge on any atom is -0.0885 e. The molecular weight excluding hydrogens is 156 g/mol. The van der Waals surface area contributed by atoms with E-state index in [0.717, 1.165) is 0 Å². The van der Waals surface area contributed by atoms with Gasteiger partial charge in [0.2, 0.25) is 0 Å². The molecule has 0 saturated carbocycles. The molecule has 73 valence electrons. The third-order valence-electron chi connectivity index (χ3n) is 2.42. The molecule has 0 amide bonds. The molecule has 0 unspecified atom stereocenters. The van der Waals surface area contributed by atoms with E-state index in [2.05, 4.69) is 30.7 Å². The molecule has 0 spiro atoms. The van der Waals surface area contributed by atoms with Crippen molar-refractivity contribution in [1.82, 2.24) is 0 Å². The summed E-state index contributed by atoms with van der Waals surface area (Å²) >= 11 is 0. The lowest BCUT2D eigenvalue weighted by Crippen LogP contribution is -1.78. The zero-order chi connectivity index (χ0) is 9.19. The summed E-state index contributed by atoms with van der Waals surface area (Å²) in [6.45, 7) is 0. The lowest BCUT2D eigenvalue weighted by atomic mass is 10.1. The molecule has 1 rings (SSSR count). The molecule has 0 aromatic carbocycles. The molecule has 0 saturated heterocycles. The molecule has 13 heavy (non-hydrogen) atoms. The van der Waals surface area contributed by atoms with Crippen molar-refractivity contribution in [3.63, 3.8) is 0 Å². The number of rotatable bonds is 0. The van der Waals surface area contributed by atoms with Crippen molar-refractivity contribution in [3.05, 3.63) is 30.7 Å². The summed E-state index contributed by atoms with van der Waals surface area (Å²) in [5.41, 5.74) is 0. The maximum Gasteiger partial charge on any atom is -0.0316 e. The van der Waals surface area contributed by atoms with Gasteiger partial charge in [-0.1, -0.05) is 37.1 Å². The Balaban J connectivity index is 2.18. The zero-order valence-corrected chi connectivity index (χ0v) is 8.54. The van der Waals surface area contributed by atoms with Crippen LogP contribution in [0.1, 0.15) is 51.4 Å². The van der Waals surface area contributed by atoms with Crippen LogP contribution in [-0.4, -0.2) is 0 Å². The summed E-state index contributed by atoms with van der Waals surface area (Å²) in [5, 5.41) is 0. The molecule has 0 heterocycles. The van der Waals surface area contributed by atoms with E-state index >= 15 is 0 Å². The first kappa shape index (κ1) is 10.6. The van der Waals surface area contributed by atoms with Gasteiger partial charge in [0.25, 0.3) is 0 Å². The van der Waals surface area contributed by atoms with Gasteiger partial charge in [0.1, 0.15) is 0 Å². The Labute approximate surface area is 82.7 Å². The van der Waals surface area contributed by atoms with Crippen molar-refractivity contribution in [3.8, 4) is 0 Å². The Morgan fingerprint density at radius 1 is 0.538 bits per heavy atom. The van der Waals surface area contributed by atoms with Gasteiger partial charge in [0.05, 0.1) is 0 Å². The minimum atomic E-state index is 1.17. The van der Waals surface area contributed by atoms with Crippen LogP contribution >= 0.6 is 0 Å². The van der Waals surface area contributed by atoms with Gasteiger partial charge in [0.15, 0.2) is 0 Å². The van der Waals surface area contributed by atoms with Crippen LogP contribution in [-0.2, 0) is 0 Å². The first-order valence-corrected chi connectivity index (χ1v) is 5.62. The minimum absolute atomic E-state index is 1.17. The largest absolute Gasteiger partial charge is 0.0885 e. The Hall–Kier alpha value is -0.520. The van der Waals surface area contributed by atoms with Crippen LogP contribution in [0.3, 0.4) is 0 Å². The fraction of sp³-hybridized carbons (Fsp3) is 0.615. The smallest absolute Gasteiger partial charge is 0.0316 e. The summed E-state index contributed by atoms with van der Waals surface area (Å²) < 4.78 is 0. The van der Waals surface area contributed by atoms with Crippen molar-refractivity contribution in [1.29, 1.82) is 0 Å². The fourth-order valence-corrected chi connectivity index (χ4v) is 1.58. The van der Waals surface area contributed by atoms with Gasteiger partial charge >= 0.3 is 0 Å². The Bertz CT molecular complexity index is 135. The molecule has 1 radical (unpaired) electrons.